The molecule has 75 heavy (non-hydrogen) atoms. The van der Waals surface area contributed by atoms with Crippen molar-refractivity contribution in [1.82, 2.24) is 5.32 Å². The van der Waals surface area contributed by atoms with Crippen LogP contribution in [0.1, 0.15) is 278 Å². The first-order valence-corrected chi connectivity index (χ1v) is 32.8. The van der Waals surface area contributed by atoms with Gasteiger partial charge in [0.15, 0.2) is 0 Å². The average Bonchev–Trinajstić information content (AvgIpc) is 3.37. The van der Waals surface area contributed by atoms with Gasteiger partial charge >= 0.3 is 13.8 Å². The number of esters is 1. The molecule has 0 aliphatic carbocycles. The minimum atomic E-state index is -4.45. The number of hydrogen-bond acceptors (Lipinski definition) is 6. The molecule has 0 fully saturated rings. The fourth-order valence-electron chi connectivity index (χ4n) is 8.85. The van der Waals surface area contributed by atoms with E-state index in [1.54, 1.807) is 0 Å². The van der Waals surface area contributed by atoms with Crippen LogP contribution in [0.25, 0.3) is 0 Å². The van der Waals surface area contributed by atoms with Gasteiger partial charge in [0.2, 0.25) is 5.91 Å². The zero-order valence-electron chi connectivity index (χ0n) is 49.8. The summed E-state index contributed by atoms with van der Waals surface area (Å²) < 4.78 is 30.7. The van der Waals surface area contributed by atoms with Gasteiger partial charge in [-0.25, -0.2) is 4.57 Å². The molecule has 2 N–H and O–H groups in total. The molecule has 0 heterocycles. The van der Waals surface area contributed by atoms with Gasteiger partial charge in [-0.3, -0.25) is 18.6 Å². The van der Waals surface area contributed by atoms with Gasteiger partial charge in [-0.15, -0.1) is 0 Å². The van der Waals surface area contributed by atoms with E-state index in [0.29, 0.717) is 23.9 Å². The van der Waals surface area contributed by atoms with Crippen LogP contribution in [0.4, 0.5) is 0 Å². The van der Waals surface area contributed by atoms with Crippen LogP contribution in [-0.2, 0) is 27.9 Å². The zero-order valence-corrected chi connectivity index (χ0v) is 50.7. The highest BCUT2D eigenvalue weighted by Gasteiger charge is 2.30. The van der Waals surface area contributed by atoms with Crippen LogP contribution < -0.4 is 5.32 Å². The first-order chi connectivity index (χ1) is 36.4. The number of rotatable bonds is 56. The molecule has 0 saturated carbocycles. The second kappa shape index (κ2) is 54.8. The molecule has 0 radical (unpaired) electrons. The van der Waals surface area contributed by atoms with Gasteiger partial charge in [0, 0.05) is 12.8 Å². The molecule has 436 valence electrons. The summed E-state index contributed by atoms with van der Waals surface area (Å²) >= 11 is 0. The van der Waals surface area contributed by atoms with E-state index in [1.807, 2.05) is 33.3 Å². The number of ether oxygens (including phenoxy) is 1. The molecular weight excluding hydrogens is 952 g/mol. The Morgan fingerprint density at radius 1 is 0.480 bits per heavy atom. The SMILES string of the molecule is CC/C=C\C/C=C\C/C=C\C/C=C\C/C=C\CCCCCCCC(=O)OC(/C=C/CCCCCCCCCCCCC)C(COP(=O)(O)OCC[N+](C)(C)C)NC(=O)CCCCCCCCCCCCCCCCC. The van der Waals surface area contributed by atoms with Crippen molar-refractivity contribution < 1.29 is 37.3 Å². The Morgan fingerprint density at radius 2 is 0.853 bits per heavy atom. The second-order valence-electron chi connectivity index (χ2n) is 22.2. The third-order valence-electron chi connectivity index (χ3n) is 13.7. The molecular formula is C65H120N2O7P+. The van der Waals surface area contributed by atoms with Crippen molar-refractivity contribution in [3.8, 4) is 0 Å². The van der Waals surface area contributed by atoms with Gasteiger partial charge in [0.25, 0.3) is 0 Å². The van der Waals surface area contributed by atoms with Crippen LogP contribution in [0.2, 0.25) is 0 Å². The van der Waals surface area contributed by atoms with Crippen LogP contribution in [-0.4, -0.2) is 74.3 Å². The summed E-state index contributed by atoms with van der Waals surface area (Å²) in [5, 5.41) is 3.05. The average molecular weight is 1070 g/mol. The van der Waals surface area contributed by atoms with Gasteiger partial charge in [-0.2, -0.15) is 0 Å². The fourth-order valence-corrected chi connectivity index (χ4v) is 9.59. The normalized spacial score (nSPS) is 14.2. The lowest BCUT2D eigenvalue weighted by atomic mass is 10.0. The van der Waals surface area contributed by atoms with Crippen LogP contribution in [0.5, 0.6) is 0 Å². The molecule has 0 spiro atoms. The molecule has 0 aromatic carbocycles. The lowest BCUT2D eigenvalue weighted by Crippen LogP contribution is -2.47. The molecule has 0 aliphatic heterocycles. The molecule has 10 heteroatoms. The topological polar surface area (TPSA) is 111 Å². The number of amides is 1. The molecule has 0 aliphatic rings. The predicted octanol–water partition coefficient (Wildman–Crippen LogP) is 19.2. The largest absolute Gasteiger partial charge is 0.472 e. The van der Waals surface area contributed by atoms with Crippen LogP contribution in [0.3, 0.4) is 0 Å². The van der Waals surface area contributed by atoms with E-state index in [2.05, 4.69) is 86.8 Å². The number of hydrogen-bond donors (Lipinski definition) is 2. The van der Waals surface area contributed by atoms with Crippen LogP contribution in [0.15, 0.2) is 72.9 Å². The number of allylic oxidation sites excluding steroid dienone is 11. The summed E-state index contributed by atoms with van der Waals surface area (Å²) in [5.74, 6) is -0.521. The molecule has 1 amide bonds. The summed E-state index contributed by atoms with van der Waals surface area (Å²) in [5.41, 5.74) is 0. The summed E-state index contributed by atoms with van der Waals surface area (Å²) in [6.45, 7) is 6.90. The third kappa shape index (κ3) is 56.0. The Bertz CT molecular complexity index is 1510. The van der Waals surface area contributed by atoms with Crippen molar-refractivity contribution in [2.24, 2.45) is 0 Å². The lowest BCUT2D eigenvalue weighted by Gasteiger charge is -2.27. The number of carbonyl (C=O) groups is 2. The highest BCUT2D eigenvalue weighted by atomic mass is 31.2. The molecule has 0 aromatic heterocycles. The van der Waals surface area contributed by atoms with Gasteiger partial charge in [0.1, 0.15) is 19.3 Å². The van der Waals surface area contributed by atoms with Crippen molar-refractivity contribution in [1.29, 1.82) is 0 Å². The Labute approximate surface area is 463 Å². The maximum Gasteiger partial charge on any atom is 0.472 e. The summed E-state index contributed by atoms with van der Waals surface area (Å²) in [6.07, 6.45) is 70.3. The van der Waals surface area contributed by atoms with E-state index >= 15 is 0 Å². The number of nitrogens with one attached hydrogen (secondary N) is 1. The molecule has 9 nitrogen and oxygen atoms in total. The molecule has 3 atom stereocenters. The molecule has 3 unspecified atom stereocenters. The minimum absolute atomic E-state index is 0.0359. The molecule has 0 aromatic rings. The minimum Gasteiger partial charge on any atom is -0.456 e. The van der Waals surface area contributed by atoms with E-state index in [4.69, 9.17) is 13.8 Å². The smallest absolute Gasteiger partial charge is 0.456 e. The number of phosphoric ester groups is 1. The second-order valence-corrected chi connectivity index (χ2v) is 23.7. The van der Waals surface area contributed by atoms with Gasteiger partial charge in [-0.05, 0) is 76.7 Å². The molecule has 0 rings (SSSR count). The Kier molecular flexibility index (Phi) is 52.9. The van der Waals surface area contributed by atoms with Crippen molar-refractivity contribution in [2.45, 2.75) is 290 Å². The van der Waals surface area contributed by atoms with Gasteiger partial charge < -0.3 is 19.4 Å². The van der Waals surface area contributed by atoms with Crippen molar-refractivity contribution in [3.63, 3.8) is 0 Å². The van der Waals surface area contributed by atoms with E-state index in [-0.39, 0.29) is 31.5 Å². The Balaban J connectivity index is 5.30. The van der Waals surface area contributed by atoms with Crippen molar-refractivity contribution >= 4 is 19.7 Å². The summed E-state index contributed by atoms with van der Waals surface area (Å²) in [4.78, 5) is 37.7. The van der Waals surface area contributed by atoms with E-state index in [1.165, 1.54) is 135 Å². The van der Waals surface area contributed by atoms with Crippen molar-refractivity contribution in [2.75, 3.05) is 40.9 Å². The number of phosphoric acid groups is 1. The van der Waals surface area contributed by atoms with Crippen LogP contribution in [0, 0.1) is 0 Å². The highest BCUT2D eigenvalue weighted by Crippen LogP contribution is 2.43. The number of quaternary nitrogens is 1. The maximum absolute atomic E-state index is 13.5. The van der Waals surface area contributed by atoms with E-state index < -0.39 is 20.0 Å². The predicted molar refractivity (Wildman–Crippen MR) is 323 cm³/mol. The summed E-state index contributed by atoms with van der Waals surface area (Å²) in [7, 11) is 1.48. The molecule has 0 bridgehead atoms. The lowest BCUT2D eigenvalue weighted by molar-refractivity contribution is -0.870. The van der Waals surface area contributed by atoms with E-state index in [9.17, 15) is 19.0 Å². The van der Waals surface area contributed by atoms with Crippen LogP contribution >= 0.6 is 7.82 Å². The van der Waals surface area contributed by atoms with Crippen molar-refractivity contribution in [3.05, 3.63) is 72.9 Å². The third-order valence-corrected chi connectivity index (χ3v) is 14.6. The fraction of sp³-hybridized carbons (Fsp3) is 0.785. The maximum atomic E-state index is 13.5. The Hall–Kier alpha value is -2.55. The highest BCUT2D eigenvalue weighted by molar-refractivity contribution is 7.47. The number of carbonyl (C=O) groups excluding carboxylic acids is 2. The number of nitrogens with zero attached hydrogens (tertiary/aromatic N) is 1. The monoisotopic (exact) mass is 1070 g/mol. The number of unbranched alkanes of at least 4 members (excludes halogenated alkanes) is 30. The first-order valence-electron chi connectivity index (χ1n) is 31.3. The summed E-state index contributed by atoms with van der Waals surface area (Å²) in [6, 6.07) is -0.857. The quantitative estimate of drug-likeness (QED) is 0.0205. The van der Waals surface area contributed by atoms with Gasteiger partial charge in [-0.1, -0.05) is 261 Å². The Morgan fingerprint density at radius 3 is 1.28 bits per heavy atom. The van der Waals surface area contributed by atoms with E-state index in [0.717, 1.165) is 103 Å². The molecule has 0 saturated heterocycles. The van der Waals surface area contributed by atoms with Gasteiger partial charge in [0.05, 0.1) is 33.8 Å². The first kappa shape index (κ1) is 72.5. The zero-order chi connectivity index (χ0) is 55.0. The number of likely N-dealkylation sites (N-methyl/N-ethyl adjacent to an activating group) is 1. The standard InChI is InChI=1S/C65H119N2O7P/c1-7-10-13-16-19-22-25-28-30-31-32-33-34-35-37-40-43-46-49-52-55-58-65(69)74-63(56-53-50-47-44-41-38-27-24-21-18-15-12-9-3)62(61-73-75(70,71)72-60-59-67(4,5)6)66-64(68)57-54-51-48-45-42-39-36-29-26-23-20-17-14-11-8-2/h10,13,19,22,28,30,32-33,35,37,53,56,62-63H,7-9,11-12,14-18,20-21,23-27,29,31,34,36,38-52,54-55,57-61H2,1-6H3,(H-,66,68,70,71)/p+1/b13-10-,22-19-,30-28-,33-32-,37-35-,56-53+.